The molecular formula is C20H30O8. The Morgan fingerprint density at radius 2 is 1.36 bits per heavy atom. The molecule has 3 atom stereocenters. The highest BCUT2D eigenvalue weighted by Gasteiger charge is 2.34. The van der Waals surface area contributed by atoms with Crippen LogP contribution in [0.25, 0.3) is 0 Å². The van der Waals surface area contributed by atoms with Crippen molar-refractivity contribution in [2.24, 2.45) is 17.8 Å². The average molecular weight is 398 g/mol. The predicted molar refractivity (Wildman–Crippen MR) is 101 cm³/mol. The van der Waals surface area contributed by atoms with Crippen LogP contribution in [0.2, 0.25) is 0 Å². The fourth-order valence-corrected chi connectivity index (χ4v) is 2.90. The molecule has 0 aliphatic heterocycles. The molecule has 0 amide bonds. The maximum absolute atomic E-state index is 11.5. The third-order valence-corrected chi connectivity index (χ3v) is 4.45. The van der Waals surface area contributed by atoms with Gasteiger partial charge in [-0.2, -0.15) is 0 Å². The molecule has 0 aromatic rings. The maximum atomic E-state index is 11.5. The van der Waals surface area contributed by atoms with Crippen molar-refractivity contribution in [3.63, 3.8) is 0 Å². The molecule has 0 saturated carbocycles. The highest BCUT2D eigenvalue weighted by atomic mass is 16.4. The van der Waals surface area contributed by atoms with Gasteiger partial charge in [-0.25, -0.2) is 0 Å². The number of unbranched alkanes of at least 4 members (excludes halogenated alkanes) is 6. The fraction of sp³-hybridized carbons (Fsp3) is 0.700. The van der Waals surface area contributed by atoms with E-state index in [0.29, 0.717) is 6.42 Å². The first-order valence-corrected chi connectivity index (χ1v) is 9.56. The van der Waals surface area contributed by atoms with E-state index in [2.05, 4.69) is 18.8 Å². The van der Waals surface area contributed by atoms with Gasteiger partial charge >= 0.3 is 23.9 Å². The van der Waals surface area contributed by atoms with Crippen molar-refractivity contribution in [1.29, 1.82) is 0 Å². The summed E-state index contributed by atoms with van der Waals surface area (Å²) in [6, 6.07) is 0. The number of carboxylic acid groups (broad SMARTS) is 4. The lowest BCUT2D eigenvalue weighted by Crippen LogP contribution is -2.30. The molecule has 28 heavy (non-hydrogen) atoms. The van der Waals surface area contributed by atoms with Crippen LogP contribution in [-0.2, 0) is 19.2 Å². The van der Waals surface area contributed by atoms with Gasteiger partial charge in [-0.05, 0) is 12.8 Å². The van der Waals surface area contributed by atoms with Crippen molar-refractivity contribution in [1.82, 2.24) is 0 Å². The average Bonchev–Trinajstić information content (AvgIpc) is 2.59. The Balaban J connectivity index is 5.14. The van der Waals surface area contributed by atoms with Crippen molar-refractivity contribution in [2.45, 2.75) is 71.1 Å². The standard InChI is InChI=1S/C20H30O8/c1-2-3-4-5-6-7-8-9-10-14(16(20(27)28)13-18(23)24)11-15(19(25)26)12-17(21)22/h14-16H,2-8,11-13H2,1H3,(H,21,22)(H,23,24)(H,25,26)(H,27,28). The molecule has 0 aromatic heterocycles. The summed E-state index contributed by atoms with van der Waals surface area (Å²) < 4.78 is 0. The monoisotopic (exact) mass is 398 g/mol. The van der Waals surface area contributed by atoms with E-state index >= 15 is 0 Å². The largest absolute Gasteiger partial charge is 0.481 e. The minimum absolute atomic E-state index is 0.324. The van der Waals surface area contributed by atoms with Crippen molar-refractivity contribution in [3.8, 4) is 11.8 Å². The molecule has 0 aliphatic rings. The van der Waals surface area contributed by atoms with Crippen LogP contribution in [0.5, 0.6) is 0 Å². The Hall–Kier alpha value is -2.56. The molecule has 8 heteroatoms. The topological polar surface area (TPSA) is 149 Å². The summed E-state index contributed by atoms with van der Waals surface area (Å²) in [5, 5.41) is 36.4. The van der Waals surface area contributed by atoms with Gasteiger partial charge in [-0.1, -0.05) is 44.9 Å². The van der Waals surface area contributed by atoms with Crippen LogP contribution in [0.4, 0.5) is 0 Å². The number of carbonyl (C=O) groups is 4. The minimum Gasteiger partial charge on any atom is -0.481 e. The first-order chi connectivity index (χ1) is 13.2. The van der Waals surface area contributed by atoms with E-state index < -0.39 is 54.5 Å². The Morgan fingerprint density at radius 3 is 1.86 bits per heavy atom. The Morgan fingerprint density at radius 1 is 0.786 bits per heavy atom. The van der Waals surface area contributed by atoms with Crippen molar-refractivity contribution < 1.29 is 39.6 Å². The highest BCUT2D eigenvalue weighted by molar-refractivity contribution is 5.79. The minimum atomic E-state index is -1.40. The first kappa shape index (κ1) is 25.4. The van der Waals surface area contributed by atoms with E-state index in [1.54, 1.807) is 0 Å². The van der Waals surface area contributed by atoms with Gasteiger partial charge < -0.3 is 20.4 Å². The van der Waals surface area contributed by atoms with Crippen LogP contribution in [-0.4, -0.2) is 44.3 Å². The molecule has 0 spiro atoms. The van der Waals surface area contributed by atoms with Crippen LogP contribution in [0.3, 0.4) is 0 Å². The molecule has 8 nitrogen and oxygen atoms in total. The number of hydrogen-bond donors (Lipinski definition) is 4. The lowest BCUT2D eigenvalue weighted by Gasteiger charge is -2.21. The van der Waals surface area contributed by atoms with E-state index in [9.17, 15) is 29.4 Å². The van der Waals surface area contributed by atoms with Gasteiger partial charge in [0.15, 0.2) is 0 Å². The number of rotatable bonds is 15. The van der Waals surface area contributed by atoms with Gasteiger partial charge in [0, 0.05) is 12.3 Å². The SMILES string of the molecule is CCCCCCCCC#CC(CC(CC(=O)O)C(=O)O)C(CC(=O)O)C(=O)O. The predicted octanol–water partition coefficient (Wildman–Crippen LogP) is 3.10. The van der Waals surface area contributed by atoms with E-state index in [0.717, 1.165) is 32.1 Å². The Kier molecular flexibility index (Phi) is 13.2. The third-order valence-electron chi connectivity index (χ3n) is 4.45. The van der Waals surface area contributed by atoms with E-state index in [1.165, 1.54) is 6.42 Å². The molecule has 0 aromatic carbocycles. The molecule has 0 fully saturated rings. The second-order valence-electron chi connectivity index (χ2n) is 6.86. The van der Waals surface area contributed by atoms with Gasteiger partial charge in [0.05, 0.1) is 24.7 Å². The zero-order chi connectivity index (χ0) is 21.5. The summed E-state index contributed by atoms with van der Waals surface area (Å²) in [5.41, 5.74) is 0. The molecule has 0 saturated heterocycles. The Labute approximate surface area is 164 Å². The van der Waals surface area contributed by atoms with Crippen LogP contribution >= 0.6 is 0 Å². The number of carboxylic acids is 4. The van der Waals surface area contributed by atoms with Crippen LogP contribution in [0, 0.1) is 29.6 Å². The molecule has 0 rings (SSSR count). The summed E-state index contributed by atoms with van der Waals surface area (Å²) in [6.07, 6.45) is 5.12. The van der Waals surface area contributed by atoms with Gasteiger partial charge in [0.2, 0.25) is 0 Å². The van der Waals surface area contributed by atoms with Gasteiger partial charge in [0.1, 0.15) is 0 Å². The quantitative estimate of drug-likeness (QED) is 0.243. The number of aliphatic carboxylic acids is 4. The van der Waals surface area contributed by atoms with Crippen molar-refractivity contribution in [2.75, 3.05) is 0 Å². The molecule has 0 heterocycles. The first-order valence-electron chi connectivity index (χ1n) is 9.56. The molecular weight excluding hydrogens is 368 g/mol. The zero-order valence-corrected chi connectivity index (χ0v) is 16.2. The van der Waals surface area contributed by atoms with Crippen LogP contribution < -0.4 is 0 Å². The summed E-state index contributed by atoms with van der Waals surface area (Å²) in [5.74, 6) is -3.64. The van der Waals surface area contributed by atoms with Crippen LogP contribution in [0.1, 0.15) is 71.1 Å². The van der Waals surface area contributed by atoms with Crippen molar-refractivity contribution >= 4 is 23.9 Å². The van der Waals surface area contributed by atoms with Gasteiger partial charge in [-0.15, -0.1) is 5.92 Å². The van der Waals surface area contributed by atoms with E-state index in [4.69, 9.17) is 10.2 Å². The van der Waals surface area contributed by atoms with E-state index in [-0.39, 0.29) is 6.42 Å². The normalized spacial score (nSPS) is 13.6. The Bertz CT molecular complexity index is 587. The molecule has 0 aliphatic carbocycles. The van der Waals surface area contributed by atoms with Crippen molar-refractivity contribution in [3.05, 3.63) is 0 Å². The molecule has 158 valence electrons. The molecule has 0 bridgehead atoms. The summed E-state index contributed by atoms with van der Waals surface area (Å²) in [7, 11) is 0. The smallest absolute Gasteiger partial charge is 0.308 e. The van der Waals surface area contributed by atoms with E-state index in [1.807, 2.05) is 0 Å². The molecule has 0 radical (unpaired) electrons. The highest BCUT2D eigenvalue weighted by Crippen LogP contribution is 2.26. The second-order valence-corrected chi connectivity index (χ2v) is 6.86. The zero-order valence-electron chi connectivity index (χ0n) is 16.2. The molecule has 3 unspecified atom stereocenters. The summed E-state index contributed by atoms with van der Waals surface area (Å²) in [4.78, 5) is 44.7. The van der Waals surface area contributed by atoms with Gasteiger partial charge in [0.25, 0.3) is 0 Å². The summed E-state index contributed by atoms with van der Waals surface area (Å²) >= 11 is 0. The lowest BCUT2D eigenvalue weighted by molar-refractivity contribution is -0.152. The summed E-state index contributed by atoms with van der Waals surface area (Å²) in [6.45, 7) is 2.12. The second kappa shape index (κ2) is 14.5. The fourth-order valence-electron chi connectivity index (χ4n) is 2.90. The van der Waals surface area contributed by atoms with Gasteiger partial charge in [-0.3, -0.25) is 19.2 Å². The maximum Gasteiger partial charge on any atom is 0.308 e. The molecule has 4 N–H and O–H groups in total. The number of hydrogen-bond acceptors (Lipinski definition) is 4. The van der Waals surface area contributed by atoms with Crippen LogP contribution in [0.15, 0.2) is 0 Å². The third kappa shape index (κ3) is 11.9. The lowest BCUT2D eigenvalue weighted by atomic mass is 9.81.